The van der Waals surface area contributed by atoms with Crippen LogP contribution in [0.4, 0.5) is 0 Å². The summed E-state index contributed by atoms with van der Waals surface area (Å²) in [5.74, 6) is 0. The maximum atomic E-state index is 6.12. The fourth-order valence-corrected chi connectivity index (χ4v) is 1.82. The van der Waals surface area contributed by atoms with E-state index >= 15 is 0 Å². The fraction of sp³-hybridized carbons (Fsp3) is 0.500. The Bertz CT molecular complexity index is 303. The van der Waals surface area contributed by atoms with Crippen LogP contribution in [-0.2, 0) is 4.74 Å². The van der Waals surface area contributed by atoms with Crippen LogP contribution in [-0.4, -0.2) is 12.7 Å². The molecule has 0 bridgehead atoms. The Hall–Kier alpha value is -0.570. The third-order valence-corrected chi connectivity index (χ3v) is 2.65. The Labute approximate surface area is 96.4 Å². The molecule has 2 N–H and O–H groups in total. The summed E-state index contributed by atoms with van der Waals surface area (Å²) < 4.78 is 5.58. The van der Waals surface area contributed by atoms with Crippen LogP contribution in [0.25, 0.3) is 0 Å². The minimum absolute atomic E-state index is 0.0634. The standard InChI is InChI=1S/C12H18ClNO/c1-3-11(15-4-2)12(14)9-6-5-7-10(13)8-9/h5-8,11-12H,3-4,14H2,1-2H3. The second kappa shape index (κ2) is 6.11. The molecule has 0 aromatic heterocycles. The Morgan fingerprint density at radius 3 is 2.67 bits per heavy atom. The van der Waals surface area contributed by atoms with Crippen LogP contribution < -0.4 is 5.73 Å². The third kappa shape index (κ3) is 3.49. The van der Waals surface area contributed by atoms with E-state index in [1.807, 2.05) is 31.2 Å². The van der Waals surface area contributed by atoms with E-state index in [0.29, 0.717) is 11.6 Å². The van der Waals surface area contributed by atoms with Gasteiger partial charge in [0.1, 0.15) is 0 Å². The molecule has 2 nitrogen and oxygen atoms in total. The van der Waals surface area contributed by atoms with Crippen molar-refractivity contribution in [3.8, 4) is 0 Å². The van der Waals surface area contributed by atoms with E-state index in [2.05, 4.69) is 6.92 Å². The van der Waals surface area contributed by atoms with Gasteiger partial charge in [0.15, 0.2) is 0 Å². The van der Waals surface area contributed by atoms with Gasteiger partial charge in [-0.2, -0.15) is 0 Å². The Morgan fingerprint density at radius 1 is 1.40 bits per heavy atom. The molecule has 2 unspecified atom stereocenters. The molecule has 0 saturated carbocycles. The van der Waals surface area contributed by atoms with Gasteiger partial charge in [0.05, 0.1) is 12.1 Å². The lowest BCUT2D eigenvalue weighted by molar-refractivity contribution is 0.0413. The molecule has 0 amide bonds. The van der Waals surface area contributed by atoms with Crippen molar-refractivity contribution in [2.75, 3.05) is 6.61 Å². The molecule has 2 atom stereocenters. The topological polar surface area (TPSA) is 35.2 Å². The summed E-state index contributed by atoms with van der Waals surface area (Å²) >= 11 is 5.92. The molecule has 15 heavy (non-hydrogen) atoms. The third-order valence-electron chi connectivity index (χ3n) is 2.42. The van der Waals surface area contributed by atoms with Gasteiger partial charge in [0, 0.05) is 11.6 Å². The summed E-state index contributed by atoms with van der Waals surface area (Å²) in [5, 5.41) is 0.717. The van der Waals surface area contributed by atoms with Crippen molar-refractivity contribution in [3.63, 3.8) is 0 Å². The molecular weight excluding hydrogens is 210 g/mol. The van der Waals surface area contributed by atoms with E-state index in [4.69, 9.17) is 22.1 Å². The van der Waals surface area contributed by atoms with Gasteiger partial charge in [0.2, 0.25) is 0 Å². The van der Waals surface area contributed by atoms with Gasteiger partial charge >= 0.3 is 0 Å². The number of hydrogen-bond acceptors (Lipinski definition) is 2. The zero-order chi connectivity index (χ0) is 11.3. The van der Waals surface area contributed by atoms with E-state index in [9.17, 15) is 0 Å². The van der Waals surface area contributed by atoms with E-state index in [1.54, 1.807) is 0 Å². The fourth-order valence-electron chi connectivity index (χ4n) is 1.62. The zero-order valence-electron chi connectivity index (χ0n) is 9.24. The van der Waals surface area contributed by atoms with Crippen LogP contribution in [0.1, 0.15) is 31.9 Å². The van der Waals surface area contributed by atoms with Crippen LogP contribution in [0.15, 0.2) is 24.3 Å². The van der Waals surface area contributed by atoms with E-state index in [0.717, 1.165) is 12.0 Å². The summed E-state index contributed by atoms with van der Waals surface area (Å²) in [5.41, 5.74) is 7.15. The van der Waals surface area contributed by atoms with Crippen molar-refractivity contribution in [1.29, 1.82) is 0 Å². The molecule has 0 radical (unpaired) electrons. The smallest absolute Gasteiger partial charge is 0.0764 e. The second-order valence-corrected chi connectivity index (χ2v) is 3.92. The van der Waals surface area contributed by atoms with Crippen LogP contribution in [0.3, 0.4) is 0 Å². The number of nitrogens with two attached hydrogens (primary N) is 1. The average molecular weight is 228 g/mol. The van der Waals surface area contributed by atoms with Gasteiger partial charge in [-0.05, 0) is 31.0 Å². The van der Waals surface area contributed by atoms with E-state index < -0.39 is 0 Å². The average Bonchev–Trinajstić information content (AvgIpc) is 2.25. The molecule has 0 aliphatic carbocycles. The van der Waals surface area contributed by atoms with Crippen molar-refractivity contribution in [3.05, 3.63) is 34.9 Å². The van der Waals surface area contributed by atoms with Crippen LogP contribution >= 0.6 is 11.6 Å². The number of halogens is 1. The molecule has 0 heterocycles. The lowest BCUT2D eigenvalue weighted by Gasteiger charge is -2.22. The Morgan fingerprint density at radius 2 is 2.13 bits per heavy atom. The highest BCUT2D eigenvalue weighted by Gasteiger charge is 2.17. The van der Waals surface area contributed by atoms with Crippen LogP contribution in [0, 0.1) is 0 Å². The van der Waals surface area contributed by atoms with Gasteiger partial charge in [-0.3, -0.25) is 0 Å². The quantitative estimate of drug-likeness (QED) is 0.839. The van der Waals surface area contributed by atoms with Crippen molar-refractivity contribution in [1.82, 2.24) is 0 Å². The highest BCUT2D eigenvalue weighted by Crippen LogP contribution is 2.21. The highest BCUT2D eigenvalue weighted by atomic mass is 35.5. The van der Waals surface area contributed by atoms with Crippen LogP contribution in [0.2, 0.25) is 5.02 Å². The molecule has 0 aliphatic heterocycles. The summed E-state index contributed by atoms with van der Waals surface area (Å²) in [7, 11) is 0. The Kier molecular flexibility index (Phi) is 5.09. The van der Waals surface area contributed by atoms with Gasteiger partial charge in [0.25, 0.3) is 0 Å². The van der Waals surface area contributed by atoms with Gasteiger partial charge in [-0.1, -0.05) is 30.7 Å². The molecule has 0 aliphatic rings. The largest absolute Gasteiger partial charge is 0.377 e. The highest BCUT2D eigenvalue weighted by molar-refractivity contribution is 6.30. The van der Waals surface area contributed by atoms with Crippen molar-refractivity contribution in [2.45, 2.75) is 32.4 Å². The number of ether oxygens (including phenoxy) is 1. The molecule has 1 aromatic rings. The lowest BCUT2D eigenvalue weighted by atomic mass is 10.0. The molecule has 0 fully saturated rings. The molecule has 1 aromatic carbocycles. The summed E-state index contributed by atoms with van der Waals surface area (Å²) in [6.07, 6.45) is 0.968. The monoisotopic (exact) mass is 227 g/mol. The van der Waals surface area contributed by atoms with Crippen molar-refractivity contribution < 1.29 is 4.74 Å². The predicted octanol–water partition coefficient (Wildman–Crippen LogP) is 3.15. The van der Waals surface area contributed by atoms with Gasteiger partial charge in [-0.25, -0.2) is 0 Å². The minimum atomic E-state index is -0.103. The van der Waals surface area contributed by atoms with Gasteiger partial charge < -0.3 is 10.5 Å². The SMILES string of the molecule is CCOC(CC)C(N)c1cccc(Cl)c1. The van der Waals surface area contributed by atoms with Crippen molar-refractivity contribution >= 4 is 11.6 Å². The molecule has 0 saturated heterocycles. The molecular formula is C12H18ClNO. The lowest BCUT2D eigenvalue weighted by Crippen LogP contribution is -2.28. The minimum Gasteiger partial charge on any atom is -0.377 e. The van der Waals surface area contributed by atoms with Gasteiger partial charge in [-0.15, -0.1) is 0 Å². The first kappa shape index (κ1) is 12.5. The van der Waals surface area contributed by atoms with E-state index in [-0.39, 0.29) is 12.1 Å². The number of hydrogen-bond donors (Lipinski definition) is 1. The summed E-state index contributed by atoms with van der Waals surface area (Å²) in [6.45, 7) is 4.74. The molecule has 84 valence electrons. The molecule has 0 spiro atoms. The Balaban J connectivity index is 2.77. The summed E-state index contributed by atoms with van der Waals surface area (Å²) in [4.78, 5) is 0. The van der Waals surface area contributed by atoms with Crippen molar-refractivity contribution in [2.24, 2.45) is 5.73 Å². The maximum Gasteiger partial charge on any atom is 0.0764 e. The normalized spacial score (nSPS) is 14.9. The van der Waals surface area contributed by atoms with E-state index in [1.165, 1.54) is 0 Å². The molecule has 3 heteroatoms. The first-order chi connectivity index (χ1) is 7.19. The van der Waals surface area contributed by atoms with Crippen LogP contribution in [0.5, 0.6) is 0 Å². The molecule has 1 rings (SSSR count). The maximum absolute atomic E-state index is 6.12. The predicted molar refractivity (Wildman–Crippen MR) is 64.1 cm³/mol. The summed E-state index contributed by atoms with van der Waals surface area (Å²) in [6, 6.07) is 7.54. The number of rotatable bonds is 5. The second-order valence-electron chi connectivity index (χ2n) is 3.48. The zero-order valence-corrected chi connectivity index (χ0v) is 10.00. The first-order valence-corrected chi connectivity index (χ1v) is 5.69. The first-order valence-electron chi connectivity index (χ1n) is 5.31. The number of benzene rings is 1.